The molecule has 32 heavy (non-hydrogen) atoms. The van der Waals surface area contributed by atoms with Gasteiger partial charge >= 0.3 is 5.97 Å². The fourth-order valence-corrected chi connectivity index (χ4v) is 3.03. The number of nitrogens with two attached hydrogens (primary N) is 2. The second-order valence-electron chi connectivity index (χ2n) is 7.03. The maximum Gasteiger partial charge on any atom is 0.325 e. The van der Waals surface area contributed by atoms with Crippen LogP contribution in [0, 0.1) is 0 Å². The third-order valence-electron chi connectivity index (χ3n) is 4.35. The van der Waals surface area contributed by atoms with Crippen molar-refractivity contribution in [2.45, 2.75) is 50.4 Å². The van der Waals surface area contributed by atoms with Gasteiger partial charge in [0.1, 0.15) is 18.1 Å². The summed E-state index contributed by atoms with van der Waals surface area (Å²) in [6.45, 7) is 1.22. The Balaban J connectivity index is 2.98. The number of aromatic amines is 1. The molecule has 0 spiro atoms. The highest BCUT2D eigenvalue weighted by Crippen LogP contribution is 2.04. The van der Waals surface area contributed by atoms with E-state index in [-0.39, 0.29) is 6.42 Å². The molecule has 1 aromatic rings. The lowest BCUT2D eigenvalue weighted by molar-refractivity contribution is -0.142. The van der Waals surface area contributed by atoms with E-state index in [1.165, 1.54) is 31.2 Å². The Morgan fingerprint density at radius 1 is 1.12 bits per heavy atom. The summed E-state index contributed by atoms with van der Waals surface area (Å²) in [5.41, 5.74) is 11.6. The predicted molar refractivity (Wildman–Crippen MR) is 116 cm³/mol. The number of imidazole rings is 1. The van der Waals surface area contributed by atoms with E-state index < -0.39 is 60.2 Å². The summed E-state index contributed by atoms with van der Waals surface area (Å²) in [5, 5.41) is 16.0. The minimum absolute atomic E-state index is 0.00323. The first-order valence-electron chi connectivity index (χ1n) is 9.69. The number of nitrogens with zero attached hydrogens (tertiary/aromatic N) is 1. The van der Waals surface area contributed by atoms with Crippen LogP contribution >= 0.6 is 11.8 Å². The fraction of sp³-hybridized carbons (Fsp3) is 0.556. The van der Waals surface area contributed by atoms with Crippen LogP contribution in [0.5, 0.6) is 0 Å². The number of rotatable bonds is 14. The molecule has 178 valence electrons. The Hall–Kier alpha value is -3.13. The van der Waals surface area contributed by atoms with Gasteiger partial charge in [-0.15, -0.1) is 0 Å². The molecule has 0 aliphatic rings. The highest BCUT2D eigenvalue weighted by Gasteiger charge is 2.30. The highest BCUT2D eigenvalue weighted by molar-refractivity contribution is 7.98. The Labute approximate surface area is 188 Å². The van der Waals surface area contributed by atoms with Crippen LogP contribution in [0.1, 0.15) is 25.5 Å². The Morgan fingerprint density at radius 2 is 1.75 bits per heavy atom. The minimum atomic E-state index is -1.44. The van der Waals surface area contributed by atoms with Crippen LogP contribution < -0.4 is 27.4 Å². The number of hydrogen-bond acceptors (Lipinski definition) is 8. The van der Waals surface area contributed by atoms with Gasteiger partial charge in [0, 0.05) is 18.3 Å². The number of thioether (sulfide) groups is 1. The van der Waals surface area contributed by atoms with E-state index in [9.17, 15) is 24.0 Å². The first-order valence-corrected chi connectivity index (χ1v) is 11.1. The molecule has 14 heteroatoms. The molecule has 1 rings (SSSR count). The number of hydrogen-bond donors (Lipinski definition) is 7. The maximum absolute atomic E-state index is 12.9. The molecule has 0 radical (unpaired) electrons. The third kappa shape index (κ3) is 9.34. The molecule has 0 bridgehead atoms. The van der Waals surface area contributed by atoms with Gasteiger partial charge in [-0.1, -0.05) is 0 Å². The quantitative estimate of drug-likeness (QED) is 0.152. The van der Waals surface area contributed by atoms with E-state index in [1.807, 2.05) is 6.26 Å². The summed E-state index contributed by atoms with van der Waals surface area (Å²) in [7, 11) is 0. The van der Waals surface area contributed by atoms with E-state index in [0.717, 1.165) is 0 Å². The van der Waals surface area contributed by atoms with Crippen molar-refractivity contribution >= 4 is 41.4 Å². The lowest BCUT2D eigenvalue weighted by atomic mass is 10.1. The van der Waals surface area contributed by atoms with Crippen LogP contribution in [-0.2, 0) is 30.4 Å². The Morgan fingerprint density at radius 3 is 2.28 bits per heavy atom. The second kappa shape index (κ2) is 13.3. The number of carboxylic acids is 1. The van der Waals surface area contributed by atoms with Crippen molar-refractivity contribution in [3.8, 4) is 0 Å². The molecule has 4 atom stereocenters. The zero-order valence-electron chi connectivity index (χ0n) is 17.8. The highest BCUT2D eigenvalue weighted by atomic mass is 32.2. The lowest BCUT2D eigenvalue weighted by Crippen LogP contribution is -2.58. The van der Waals surface area contributed by atoms with Gasteiger partial charge in [0.2, 0.25) is 23.6 Å². The summed E-state index contributed by atoms with van der Waals surface area (Å²) < 4.78 is 0. The van der Waals surface area contributed by atoms with E-state index in [0.29, 0.717) is 17.9 Å². The van der Waals surface area contributed by atoms with Crippen molar-refractivity contribution in [2.24, 2.45) is 11.5 Å². The number of nitrogens with one attached hydrogen (secondary N) is 4. The van der Waals surface area contributed by atoms with Crippen molar-refractivity contribution in [3.63, 3.8) is 0 Å². The number of carboxylic acid groups (broad SMARTS) is 1. The monoisotopic (exact) mass is 471 g/mol. The second-order valence-corrected chi connectivity index (χ2v) is 8.02. The standard InChI is InChI=1S/C18H29N7O6S/c1-9(18(30)31)23-16(28)13(6-14(20)26)25-17(29)12(5-10-7-21-8-22-10)24-15(27)11(19)3-4-32-2/h7-9,11-13H,3-6,19H2,1-2H3,(H2,20,26)(H,21,22)(H,23,28)(H,24,27)(H,25,29)(H,30,31). The average Bonchev–Trinajstić information content (AvgIpc) is 3.23. The van der Waals surface area contributed by atoms with Crippen LogP contribution in [0.25, 0.3) is 0 Å². The summed E-state index contributed by atoms with van der Waals surface area (Å²) in [5.74, 6) is -3.79. The predicted octanol–water partition coefficient (Wildman–Crippen LogP) is -2.53. The van der Waals surface area contributed by atoms with Crippen molar-refractivity contribution in [3.05, 3.63) is 18.2 Å². The summed E-state index contributed by atoms with van der Waals surface area (Å²) in [6, 6.07) is -4.69. The third-order valence-corrected chi connectivity index (χ3v) is 4.99. The van der Waals surface area contributed by atoms with Crippen molar-refractivity contribution in [2.75, 3.05) is 12.0 Å². The van der Waals surface area contributed by atoms with Gasteiger partial charge < -0.3 is 37.5 Å². The number of carbonyl (C=O) groups is 5. The molecule has 9 N–H and O–H groups in total. The molecule has 1 aromatic heterocycles. The molecule has 0 aliphatic carbocycles. The van der Waals surface area contributed by atoms with Crippen molar-refractivity contribution < 1.29 is 29.1 Å². The van der Waals surface area contributed by atoms with Gasteiger partial charge in [-0.25, -0.2) is 4.98 Å². The summed E-state index contributed by atoms with van der Waals surface area (Å²) in [6.07, 6.45) is 4.56. The SMILES string of the molecule is CSCCC(N)C(=O)NC(Cc1cnc[nH]1)C(=O)NC(CC(N)=O)C(=O)NC(C)C(=O)O. The van der Waals surface area contributed by atoms with Crippen LogP contribution in [-0.4, -0.2) is 80.8 Å². The number of primary amides is 1. The van der Waals surface area contributed by atoms with E-state index in [2.05, 4.69) is 25.9 Å². The molecule has 0 aromatic carbocycles. The normalized spacial score (nSPS) is 14.5. The van der Waals surface area contributed by atoms with Crippen LogP contribution in [0.4, 0.5) is 0 Å². The van der Waals surface area contributed by atoms with Gasteiger partial charge in [-0.3, -0.25) is 24.0 Å². The zero-order valence-corrected chi connectivity index (χ0v) is 18.6. The number of aromatic nitrogens is 2. The van der Waals surface area contributed by atoms with E-state index in [4.69, 9.17) is 16.6 Å². The van der Waals surface area contributed by atoms with Gasteiger partial charge in [0.15, 0.2) is 0 Å². The smallest absolute Gasteiger partial charge is 0.325 e. The number of carbonyl (C=O) groups excluding carboxylic acids is 4. The molecule has 13 nitrogen and oxygen atoms in total. The average molecular weight is 472 g/mol. The number of amides is 4. The van der Waals surface area contributed by atoms with Gasteiger partial charge in [0.25, 0.3) is 0 Å². The minimum Gasteiger partial charge on any atom is -0.480 e. The largest absolute Gasteiger partial charge is 0.480 e. The molecule has 0 aliphatic heterocycles. The van der Waals surface area contributed by atoms with E-state index >= 15 is 0 Å². The van der Waals surface area contributed by atoms with E-state index in [1.54, 1.807) is 0 Å². The van der Waals surface area contributed by atoms with Crippen molar-refractivity contribution in [1.82, 2.24) is 25.9 Å². The Bertz CT molecular complexity index is 804. The molecule has 4 unspecified atom stereocenters. The molecule has 0 saturated carbocycles. The first kappa shape index (κ1) is 26.9. The molecule has 4 amide bonds. The van der Waals surface area contributed by atoms with Gasteiger partial charge in [-0.2, -0.15) is 11.8 Å². The maximum atomic E-state index is 12.9. The molecule has 0 saturated heterocycles. The van der Waals surface area contributed by atoms with Crippen LogP contribution in [0.15, 0.2) is 12.5 Å². The molecule has 0 fully saturated rings. The summed E-state index contributed by atoms with van der Waals surface area (Å²) in [4.78, 5) is 66.8. The number of H-pyrrole nitrogens is 1. The molecular weight excluding hydrogens is 442 g/mol. The van der Waals surface area contributed by atoms with Crippen LogP contribution in [0.2, 0.25) is 0 Å². The molecule has 1 heterocycles. The zero-order chi connectivity index (χ0) is 24.3. The van der Waals surface area contributed by atoms with Gasteiger partial charge in [0.05, 0.1) is 18.8 Å². The number of aliphatic carboxylic acids is 1. The molecular formula is C18H29N7O6S. The Kier molecular flexibility index (Phi) is 11.2. The first-order chi connectivity index (χ1) is 15.0. The summed E-state index contributed by atoms with van der Waals surface area (Å²) >= 11 is 1.52. The fourth-order valence-electron chi connectivity index (χ4n) is 2.54. The lowest BCUT2D eigenvalue weighted by Gasteiger charge is -2.24. The van der Waals surface area contributed by atoms with Crippen molar-refractivity contribution in [1.29, 1.82) is 0 Å². The topological polar surface area (TPSA) is 222 Å². The van der Waals surface area contributed by atoms with Gasteiger partial charge in [-0.05, 0) is 25.4 Å². The van der Waals surface area contributed by atoms with Crippen LogP contribution in [0.3, 0.4) is 0 Å².